The molecule has 7 heteroatoms. The molecule has 0 aliphatic carbocycles. The maximum atomic E-state index is 12.6. The van der Waals surface area contributed by atoms with E-state index in [4.69, 9.17) is 21.1 Å². The topological polar surface area (TPSA) is 67.9 Å². The van der Waals surface area contributed by atoms with Crippen LogP contribution >= 0.6 is 11.6 Å². The number of likely N-dealkylation sites (N-methyl/N-ethyl adjacent to an activating group) is 1. The first-order chi connectivity index (χ1) is 11.9. The third kappa shape index (κ3) is 4.87. The Bertz CT molecular complexity index is 779. The molecule has 0 heterocycles. The normalized spacial score (nSPS) is 10.1. The van der Waals surface area contributed by atoms with Gasteiger partial charge in [0.1, 0.15) is 11.5 Å². The maximum Gasteiger partial charge on any atom is 0.257 e. The second-order valence-corrected chi connectivity index (χ2v) is 5.72. The highest BCUT2D eigenvalue weighted by Gasteiger charge is 2.19. The summed E-state index contributed by atoms with van der Waals surface area (Å²) in [5.74, 6) is 0.255. The van der Waals surface area contributed by atoms with Gasteiger partial charge in [0.05, 0.1) is 26.3 Å². The molecule has 0 saturated carbocycles. The number of halogens is 1. The van der Waals surface area contributed by atoms with Crippen molar-refractivity contribution in [2.75, 3.05) is 33.1 Å². The van der Waals surface area contributed by atoms with Crippen molar-refractivity contribution >= 4 is 29.1 Å². The molecule has 0 unspecified atom stereocenters. The Balaban J connectivity index is 2.08. The molecule has 2 amide bonds. The van der Waals surface area contributed by atoms with Gasteiger partial charge in [0, 0.05) is 17.8 Å². The summed E-state index contributed by atoms with van der Waals surface area (Å²) in [5, 5.41) is 3.21. The van der Waals surface area contributed by atoms with Gasteiger partial charge in [-0.3, -0.25) is 9.59 Å². The van der Waals surface area contributed by atoms with Gasteiger partial charge in [0.25, 0.3) is 5.91 Å². The van der Waals surface area contributed by atoms with Gasteiger partial charge in [-0.15, -0.1) is 0 Å². The average molecular weight is 363 g/mol. The van der Waals surface area contributed by atoms with E-state index < -0.39 is 0 Å². The zero-order valence-corrected chi connectivity index (χ0v) is 15.0. The van der Waals surface area contributed by atoms with Crippen LogP contribution in [-0.4, -0.2) is 44.5 Å². The summed E-state index contributed by atoms with van der Waals surface area (Å²) >= 11 is 5.88. The van der Waals surface area contributed by atoms with Crippen molar-refractivity contribution in [1.29, 1.82) is 0 Å². The van der Waals surface area contributed by atoms with E-state index in [1.54, 1.807) is 49.5 Å². The maximum absolute atomic E-state index is 12.6. The SMILES string of the molecule is COc1ccc(OC)c(C(=O)N(C)CC(=O)Nc2cccc(Cl)c2)c1. The van der Waals surface area contributed by atoms with E-state index in [2.05, 4.69) is 5.32 Å². The number of benzene rings is 2. The highest BCUT2D eigenvalue weighted by atomic mass is 35.5. The van der Waals surface area contributed by atoms with E-state index in [9.17, 15) is 9.59 Å². The fraction of sp³-hybridized carbons (Fsp3) is 0.222. The summed E-state index contributed by atoms with van der Waals surface area (Å²) in [6, 6.07) is 11.7. The molecule has 0 radical (unpaired) electrons. The van der Waals surface area contributed by atoms with Crippen LogP contribution in [0.1, 0.15) is 10.4 Å². The van der Waals surface area contributed by atoms with Crippen LogP contribution in [0.25, 0.3) is 0 Å². The molecule has 2 aromatic rings. The predicted octanol–water partition coefficient (Wildman–Crippen LogP) is 3.07. The van der Waals surface area contributed by atoms with Crippen molar-refractivity contribution in [2.45, 2.75) is 0 Å². The van der Waals surface area contributed by atoms with Crippen LogP contribution in [0.3, 0.4) is 0 Å². The van der Waals surface area contributed by atoms with Crippen molar-refractivity contribution in [1.82, 2.24) is 4.90 Å². The van der Waals surface area contributed by atoms with Crippen molar-refractivity contribution in [2.24, 2.45) is 0 Å². The highest BCUT2D eigenvalue weighted by molar-refractivity contribution is 6.30. The molecule has 0 bridgehead atoms. The van der Waals surface area contributed by atoms with Gasteiger partial charge in [0.2, 0.25) is 5.91 Å². The Hall–Kier alpha value is -2.73. The minimum Gasteiger partial charge on any atom is -0.497 e. The Kier molecular flexibility index (Phi) is 6.25. The van der Waals surface area contributed by atoms with E-state index in [0.717, 1.165) is 0 Å². The molecule has 132 valence electrons. The Morgan fingerprint density at radius 2 is 1.88 bits per heavy atom. The number of methoxy groups -OCH3 is 2. The van der Waals surface area contributed by atoms with Crippen molar-refractivity contribution < 1.29 is 19.1 Å². The molecule has 0 fully saturated rings. The fourth-order valence-electron chi connectivity index (χ4n) is 2.24. The first kappa shape index (κ1) is 18.6. The lowest BCUT2D eigenvalue weighted by Crippen LogP contribution is -2.35. The minimum absolute atomic E-state index is 0.119. The third-order valence-electron chi connectivity index (χ3n) is 3.47. The summed E-state index contributed by atoms with van der Waals surface area (Å²) < 4.78 is 10.3. The lowest BCUT2D eigenvalue weighted by atomic mass is 10.1. The summed E-state index contributed by atoms with van der Waals surface area (Å²) in [6.07, 6.45) is 0. The monoisotopic (exact) mass is 362 g/mol. The number of nitrogens with zero attached hydrogens (tertiary/aromatic N) is 1. The van der Waals surface area contributed by atoms with Crippen LogP contribution < -0.4 is 14.8 Å². The van der Waals surface area contributed by atoms with Gasteiger partial charge >= 0.3 is 0 Å². The van der Waals surface area contributed by atoms with Crippen LogP contribution in [0.4, 0.5) is 5.69 Å². The van der Waals surface area contributed by atoms with E-state index in [-0.39, 0.29) is 18.4 Å². The van der Waals surface area contributed by atoms with Crippen LogP contribution in [0, 0.1) is 0 Å². The lowest BCUT2D eigenvalue weighted by Gasteiger charge is -2.19. The molecule has 25 heavy (non-hydrogen) atoms. The third-order valence-corrected chi connectivity index (χ3v) is 3.71. The molecule has 0 saturated heterocycles. The minimum atomic E-state index is -0.350. The number of hydrogen-bond donors (Lipinski definition) is 1. The molecule has 0 spiro atoms. The van der Waals surface area contributed by atoms with E-state index in [1.165, 1.54) is 19.1 Å². The number of carbonyl (C=O) groups excluding carboxylic acids is 2. The number of nitrogens with one attached hydrogen (secondary N) is 1. The number of amides is 2. The van der Waals surface area contributed by atoms with Crippen LogP contribution in [0.15, 0.2) is 42.5 Å². The zero-order chi connectivity index (χ0) is 18.4. The van der Waals surface area contributed by atoms with Gasteiger partial charge in [0.15, 0.2) is 0 Å². The number of hydrogen-bond acceptors (Lipinski definition) is 4. The fourth-order valence-corrected chi connectivity index (χ4v) is 2.43. The Morgan fingerprint density at radius 3 is 2.52 bits per heavy atom. The quantitative estimate of drug-likeness (QED) is 0.857. The van der Waals surface area contributed by atoms with Gasteiger partial charge in [-0.05, 0) is 36.4 Å². The van der Waals surface area contributed by atoms with Crippen molar-refractivity contribution in [3.05, 3.63) is 53.1 Å². The summed E-state index contributed by atoms with van der Waals surface area (Å²) in [4.78, 5) is 26.1. The van der Waals surface area contributed by atoms with Gasteiger partial charge < -0.3 is 19.7 Å². The lowest BCUT2D eigenvalue weighted by molar-refractivity contribution is -0.116. The molecule has 2 rings (SSSR count). The Morgan fingerprint density at radius 1 is 1.12 bits per heavy atom. The number of ether oxygens (including phenoxy) is 2. The number of carbonyl (C=O) groups is 2. The van der Waals surface area contributed by atoms with Crippen LogP contribution in [-0.2, 0) is 4.79 Å². The predicted molar refractivity (Wildman–Crippen MR) is 96.6 cm³/mol. The summed E-state index contributed by atoms with van der Waals surface area (Å²) in [7, 11) is 4.53. The van der Waals surface area contributed by atoms with Crippen molar-refractivity contribution in [3.8, 4) is 11.5 Å². The van der Waals surface area contributed by atoms with E-state index in [1.807, 2.05) is 0 Å². The van der Waals surface area contributed by atoms with E-state index >= 15 is 0 Å². The first-order valence-electron chi connectivity index (χ1n) is 7.47. The number of rotatable bonds is 6. The van der Waals surface area contributed by atoms with Gasteiger partial charge in [-0.2, -0.15) is 0 Å². The first-order valence-corrected chi connectivity index (χ1v) is 7.85. The highest BCUT2D eigenvalue weighted by Crippen LogP contribution is 2.25. The second kappa shape index (κ2) is 8.39. The van der Waals surface area contributed by atoms with Gasteiger partial charge in [-0.25, -0.2) is 0 Å². The summed E-state index contributed by atoms with van der Waals surface area (Å²) in [5.41, 5.74) is 0.886. The van der Waals surface area contributed by atoms with Crippen molar-refractivity contribution in [3.63, 3.8) is 0 Å². The van der Waals surface area contributed by atoms with Crippen LogP contribution in [0.2, 0.25) is 5.02 Å². The molecule has 0 aliphatic heterocycles. The molecular formula is C18H19ClN2O4. The second-order valence-electron chi connectivity index (χ2n) is 5.29. The largest absolute Gasteiger partial charge is 0.497 e. The molecule has 2 aromatic carbocycles. The molecule has 0 atom stereocenters. The number of anilines is 1. The molecule has 1 N–H and O–H groups in total. The van der Waals surface area contributed by atoms with Crippen LogP contribution in [0.5, 0.6) is 11.5 Å². The molecular weight excluding hydrogens is 344 g/mol. The van der Waals surface area contributed by atoms with E-state index in [0.29, 0.717) is 27.8 Å². The zero-order valence-electron chi connectivity index (χ0n) is 14.2. The summed E-state index contributed by atoms with van der Waals surface area (Å²) in [6.45, 7) is -0.119. The Labute approximate surface area is 151 Å². The molecule has 6 nitrogen and oxygen atoms in total. The molecule has 0 aliphatic rings. The average Bonchev–Trinajstić information content (AvgIpc) is 2.60. The molecule has 0 aromatic heterocycles. The van der Waals surface area contributed by atoms with Gasteiger partial charge in [-0.1, -0.05) is 17.7 Å². The standard InChI is InChI=1S/C18H19ClN2O4/c1-21(11-17(22)20-13-6-4-5-12(19)9-13)18(23)15-10-14(24-2)7-8-16(15)25-3/h4-10H,11H2,1-3H3,(H,20,22). The smallest absolute Gasteiger partial charge is 0.257 e.